The molecule has 1 aromatic rings. The lowest BCUT2D eigenvalue weighted by Crippen LogP contribution is -2.49. The first-order chi connectivity index (χ1) is 11.5. The van der Waals surface area contributed by atoms with Crippen LogP contribution in [-0.4, -0.2) is 42.6 Å². The van der Waals surface area contributed by atoms with Crippen LogP contribution >= 0.6 is 0 Å². The molecule has 7 heteroatoms. The normalized spacial score (nSPS) is 15.0. The number of hydrogen-bond donors (Lipinski definition) is 2. The molecule has 0 aromatic heterocycles. The van der Waals surface area contributed by atoms with Crippen molar-refractivity contribution in [3.05, 3.63) is 29.6 Å². The average molecular weight is 337 g/mol. The molecular weight excluding hydrogens is 313 g/mol. The second-order valence-electron chi connectivity index (χ2n) is 5.82. The van der Waals surface area contributed by atoms with E-state index >= 15 is 0 Å². The summed E-state index contributed by atoms with van der Waals surface area (Å²) >= 11 is 0. The maximum absolute atomic E-state index is 13.8. The Bertz CT molecular complexity index is 586. The van der Waals surface area contributed by atoms with Crippen LogP contribution in [0.5, 0.6) is 5.75 Å². The highest BCUT2D eigenvalue weighted by molar-refractivity contribution is 5.75. The summed E-state index contributed by atoms with van der Waals surface area (Å²) in [7, 11) is 0. The topological polar surface area (TPSA) is 70.7 Å². The van der Waals surface area contributed by atoms with Crippen LogP contribution in [0.25, 0.3) is 0 Å². The Hall–Kier alpha value is -2.31. The van der Waals surface area contributed by atoms with Gasteiger partial charge < -0.3 is 20.3 Å². The lowest BCUT2D eigenvalue weighted by atomic mass is 10.1. The molecule has 1 fully saturated rings. The number of amides is 3. The van der Waals surface area contributed by atoms with E-state index < -0.39 is 5.82 Å². The summed E-state index contributed by atoms with van der Waals surface area (Å²) in [5.41, 5.74) is 0.678. The van der Waals surface area contributed by atoms with E-state index in [2.05, 4.69) is 10.6 Å². The number of urea groups is 1. The number of ether oxygens (including phenoxy) is 1. The molecule has 1 saturated heterocycles. The molecule has 0 bridgehead atoms. The van der Waals surface area contributed by atoms with E-state index in [4.69, 9.17) is 4.74 Å². The summed E-state index contributed by atoms with van der Waals surface area (Å²) in [6.07, 6.45) is 1.48. The maximum atomic E-state index is 13.8. The van der Waals surface area contributed by atoms with Crippen molar-refractivity contribution >= 4 is 11.9 Å². The van der Waals surface area contributed by atoms with E-state index in [-0.39, 0.29) is 30.3 Å². The quantitative estimate of drug-likeness (QED) is 0.864. The van der Waals surface area contributed by atoms with E-state index in [1.807, 2.05) is 0 Å². The number of halogens is 1. The lowest BCUT2D eigenvalue weighted by Gasteiger charge is -2.32. The fourth-order valence-corrected chi connectivity index (χ4v) is 2.73. The number of likely N-dealkylation sites (tertiary alicyclic amines) is 1. The van der Waals surface area contributed by atoms with Crippen molar-refractivity contribution in [3.63, 3.8) is 0 Å². The Morgan fingerprint density at radius 2 is 2.04 bits per heavy atom. The highest BCUT2D eigenvalue weighted by atomic mass is 19.1. The zero-order valence-corrected chi connectivity index (χ0v) is 14.1. The third-order valence-electron chi connectivity index (χ3n) is 3.93. The molecule has 6 nitrogen and oxygen atoms in total. The van der Waals surface area contributed by atoms with Crippen molar-refractivity contribution < 1.29 is 18.7 Å². The number of piperidine rings is 1. The fourth-order valence-electron chi connectivity index (χ4n) is 2.73. The van der Waals surface area contributed by atoms with Gasteiger partial charge in [0.1, 0.15) is 0 Å². The molecule has 1 aromatic carbocycles. The largest absolute Gasteiger partial charge is 0.491 e. The van der Waals surface area contributed by atoms with Crippen molar-refractivity contribution in [1.82, 2.24) is 15.5 Å². The average Bonchev–Trinajstić information content (AvgIpc) is 2.55. The summed E-state index contributed by atoms with van der Waals surface area (Å²) in [6, 6.07) is 4.63. The number of carbonyl (C=O) groups excluding carboxylic acids is 2. The summed E-state index contributed by atoms with van der Waals surface area (Å²) in [5, 5.41) is 5.67. The molecule has 132 valence electrons. The molecule has 1 aliphatic rings. The van der Waals surface area contributed by atoms with Gasteiger partial charge in [-0.25, -0.2) is 9.18 Å². The van der Waals surface area contributed by atoms with Crippen molar-refractivity contribution in [1.29, 1.82) is 0 Å². The fraction of sp³-hybridized carbons (Fsp3) is 0.529. The van der Waals surface area contributed by atoms with Crippen LogP contribution < -0.4 is 15.4 Å². The van der Waals surface area contributed by atoms with Gasteiger partial charge in [0.25, 0.3) is 0 Å². The molecule has 2 rings (SSSR count). The van der Waals surface area contributed by atoms with Gasteiger partial charge >= 0.3 is 6.03 Å². The van der Waals surface area contributed by atoms with Gasteiger partial charge in [-0.2, -0.15) is 0 Å². The van der Waals surface area contributed by atoms with Crippen molar-refractivity contribution in [2.24, 2.45) is 0 Å². The van der Waals surface area contributed by atoms with Gasteiger partial charge in [-0.1, -0.05) is 6.07 Å². The molecule has 0 radical (unpaired) electrons. The Morgan fingerprint density at radius 1 is 1.33 bits per heavy atom. The highest BCUT2D eigenvalue weighted by Gasteiger charge is 2.22. The number of benzene rings is 1. The predicted molar refractivity (Wildman–Crippen MR) is 88.2 cm³/mol. The van der Waals surface area contributed by atoms with Crippen LogP contribution in [0.3, 0.4) is 0 Å². The molecule has 1 heterocycles. The molecular formula is C17H24FN3O3. The first-order valence-corrected chi connectivity index (χ1v) is 8.20. The molecule has 0 aliphatic carbocycles. The highest BCUT2D eigenvalue weighted by Crippen LogP contribution is 2.18. The van der Waals surface area contributed by atoms with Crippen LogP contribution in [0.1, 0.15) is 32.3 Å². The first-order valence-electron chi connectivity index (χ1n) is 8.20. The standard InChI is InChI=1S/C17H24FN3O3/c1-3-24-16-5-4-13(10-15(16)18)11-19-17(23)21-8-6-14(7-9-21)20-12(2)22/h4-5,10,14H,3,6-9,11H2,1-2H3,(H,19,23)(H,20,22). The minimum Gasteiger partial charge on any atom is -0.491 e. The van der Waals surface area contributed by atoms with Gasteiger partial charge in [-0.3, -0.25) is 4.79 Å². The second kappa shape index (κ2) is 8.52. The number of hydrogen-bond acceptors (Lipinski definition) is 3. The Balaban J connectivity index is 1.79. The first kappa shape index (κ1) is 18.0. The molecule has 0 saturated carbocycles. The van der Waals surface area contributed by atoms with E-state index in [1.54, 1.807) is 24.0 Å². The predicted octanol–water partition coefficient (Wildman–Crippen LogP) is 2.03. The van der Waals surface area contributed by atoms with E-state index in [1.165, 1.54) is 13.0 Å². The Kier molecular flexibility index (Phi) is 6.40. The number of rotatable bonds is 5. The van der Waals surface area contributed by atoms with Gasteiger partial charge in [0.05, 0.1) is 6.61 Å². The second-order valence-corrected chi connectivity index (χ2v) is 5.82. The minimum atomic E-state index is -0.431. The van der Waals surface area contributed by atoms with Crippen LogP contribution in [0.15, 0.2) is 18.2 Å². The van der Waals surface area contributed by atoms with Crippen LogP contribution in [-0.2, 0) is 11.3 Å². The monoisotopic (exact) mass is 337 g/mol. The summed E-state index contributed by atoms with van der Waals surface area (Å²) in [5.74, 6) is -0.261. The molecule has 24 heavy (non-hydrogen) atoms. The van der Waals surface area contributed by atoms with E-state index in [0.717, 1.165) is 12.8 Å². The molecule has 0 atom stereocenters. The Morgan fingerprint density at radius 3 is 2.62 bits per heavy atom. The summed E-state index contributed by atoms with van der Waals surface area (Å²) < 4.78 is 18.9. The van der Waals surface area contributed by atoms with Gasteiger partial charge in [-0.15, -0.1) is 0 Å². The van der Waals surface area contributed by atoms with Crippen molar-refractivity contribution in [2.75, 3.05) is 19.7 Å². The molecule has 3 amide bonds. The van der Waals surface area contributed by atoms with Crippen molar-refractivity contribution in [2.45, 2.75) is 39.3 Å². The smallest absolute Gasteiger partial charge is 0.317 e. The SMILES string of the molecule is CCOc1ccc(CNC(=O)N2CCC(NC(C)=O)CC2)cc1F. The molecule has 0 spiro atoms. The van der Waals surface area contributed by atoms with Gasteiger partial charge in [0.2, 0.25) is 5.91 Å². The van der Waals surface area contributed by atoms with Crippen LogP contribution in [0, 0.1) is 5.82 Å². The maximum Gasteiger partial charge on any atom is 0.317 e. The third-order valence-corrected chi connectivity index (χ3v) is 3.93. The molecule has 0 unspecified atom stereocenters. The summed E-state index contributed by atoms with van der Waals surface area (Å²) in [6.45, 7) is 5.13. The summed E-state index contributed by atoms with van der Waals surface area (Å²) in [4.78, 5) is 24.9. The minimum absolute atomic E-state index is 0.0459. The number of nitrogens with one attached hydrogen (secondary N) is 2. The molecule has 2 N–H and O–H groups in total. The number of carbonyl (C=O) groups is 2. The van der Waals surface area contributed by atoms with Crippen molar-refractivity contribution in [3.8, 4) is 5.75 Å². The Labute approximate surface area is 141 Å². The van der Waals surface area contributed by atoms with E-state index in [9.17, 15) is 14.0 Å². The molecule has 1 aliphatic heterocycles. The van der Waals surface area contributed by atoms with Gasteiger partial charge in [0, 0.05) is 32.6 Å². The third kappa shape index (κ3) is 5.11. The zero-order valence-electron chi connectivity index (χ0n) is 14.1. The lowest BCUT2D eigenvalue weighted by molar-refractivity contribution is -0.119. The van der Waals surface area contributed by atoms with Crippen LogP contribution in [0.2, 0.25) is 0 Å². The van der Waals surface area contributed by atoms with Gasteiger partial charge in [0.15, 0.2) is 11.6 Å². The van der Waals surface area contributed by atoms with Crippen LogP contribution in [0.4, 0.5) is 9.18 Å². The van der Waals surface area contributed by atoms with E-state index in [0.29, 0.717) is 25.3 Å². The number of nitrogens with zero attached hydrogens (tertiary/aromatic N) is 1. The van der Waals surface area contributed by atoms with Gasteiger partial charge in [-0.05, 0) is 37.5 Å². The zero-order chi connectivity index (χ0) is 17.5.